The molecule has 0 bridgehead atoms. The molecule has 0 aliphatic carbocycles. The molecule has 3 nitrogen and oxygen atoms in total. The van der Waals surface area contributed by atoms with Crippen LogP contribution in [-0.4, -0.2) is 0 Å². The average molecular weight is 628 g/mol. The molecule has 0 saturated carbocycles. The second-order valence-electron chi connectivity index (χ2n) is 12.5. The molecule has 10 aromatic rings. The van der Waals surface area contributed by atoms with Crippen LogP contribution in [0.2, 0.25) is 0 Å². The van der Waals surface area contributed by atoms with Gasteiger partial charge in [-0.1, -0.05) is 115 Å². The molecule has 3 heteroatoms. The van der Waals surface area contributed by atoms with E-state index < -0.39 is 0 Å². The fourth-order valence-electron chi connectivity index (χ4n) is 7.38. The predicted molar refractivity (Wildman–Crippen MR) is 204 cm³/mol. The molecule has 0 unspecified atom stereocenters. The van der Waals surface area contributed by atoms with Crippen molar-refractivity contribution in [3.05, 3.63) is 176 Å². The van der Waals surface area contributed by atoms with Gasteiger partial charge in [-0.3, -0.25) is 0 Å². The normalized spacial score (nSPS) is 11.7. The van der Waals surface area contributed by atoms with Gasteiger partial charge in [-0.25, -0.2) is 0 Å². The van der Waals surface area contributed by atoms with Crippen LogP contribution in [-0.2, 0) is 0 Å². The Morgan fingerprint density at radius 1 is 0.327 bits per heavy atom. The summed E-state index contributed by atoms with van der Waals surface area (Å²) < 4.78 is 12.6. The summed E-state index contributed by atoms with van der Waals surface area (Å²) in [6, 6.07) is 62.2. The molecular formula is C46H29NO2. The zero-order valence-corrected chi connectivity index (χ0v) is 26.5. The summed E-state index contributed by atoms with van der Waals surface area (Å²) in [6.07, 6.45) is 0. The topological polar surface area (TPSA) is 29.5 Å². The summed E-state index contributed by atoms with van der Waals surface area (Å²) in [4.78, 5) is 2.34. The standard InChI is InChI=1S/C46H29NO2/c1-2-15-35-30(11-1)12-10-19-36(35)31-13-9-14-32(27-31)37-16-3-6-20-42(37)47(33-24-26-45-41(28-33)39-18-5-8-22-44(39)48-45)34-23-25-40-38-17-4-7-21-43(38)49-46(40)29-34/h1-29H. The van der Waals surface area contributed by atoms with E-state index in [9.17, 15) is 0 Å². The van der Waals surface area contributed by atoms with Crippen LogP contribution >= 0.6 is 0 Å². The van der Waals surface area contributed by atoms with Crippen molar-refractivity contribution in [1.82, 2.24) is 0 Å². The zero-order valence-electron chi connectivity index (χ0n) is 26.5. The molecule has 0 fully saturated rings. The molecule has 230 valence electrons. The lowest BCUT2D eigenvalue weighted by Gasteiger charge is -2.28. The number of nitrogens with zero attached hydrogens (tertiary/aromatic N) is 1. The Morgan fingerprint density at radius 3 is 1.73 bits per heavy atom. The first-order valence-electron chi connectivity index (χ1n) is 16.6. The van der Waals surface area contributed by atoms with Gasteiger partial charge in [0.25, 0.3) is 0 Å². The molecule has 0 N–H and O–H groups in total. The van der Waals surface area contributed by atoms with Crippen molar-refractivity contribution in [2.45, 2.75) is 0 Å². The molecule has 8 aromatic carbocycles. The molecule has 2 aromatic heterocycles. The quantitative estimate of drug-likeness (QED) is 0.190. The van der Waals surface area contributed by atoms with Crippen LogP contribution in [0.25, 0.3) is 76.9 Å². The molecule has 0 radical (unpaired) electrons. The Kier molecular flexibility index (Phi) is 6.18. The Morgan fingerprint density at radius 2 is 0.878 bits per heavy atom. The minimum Gasteiger partial charge on any atom is -0.456 e. The van der Waals surface area contributed by atoms with Crippen molar-refractivity contribution in [3.63, 3.8) is 0 Å². The number of hydrogen-bond acceptors (Lipinski definition) is 3. The lowest BCUT2D eigenvalue weighted by molar-refractivity contribution is 0.668. The van der Waals surface area contributed by atoms with Crippen molar-refractivity contribution in [2.75, 3.05) is 4.90 Å². The first-order valence-corrected chi connectivity index (χ1v) is 16.6. The fourth-order valence-corrected chi connectivity index (χ4v) is 7.38. The van der Waals surface area contributed by atoms with Gasteiger partial charge < -0.3 is 13.7 Å². The number of anilines is 3. The van der Waals surface area contributed by atoms with E-state index in [4.69, 9.17) is 8.83 Å². The van der Waals surface area contributed by atoms with Gasteiger partial charge >= 0.3 is 0 Å². The fraction of sp³-hybridized carbons (Fsp3) is 0. The van der Waals surface area contributed by atoms with Crippen LogP contribution in [0.4, 0.5) is 17.1 Å². The van der Waals surface area contributed by atoms with E-state index in [0.717, 1.165) is 72.1 Å². The molecule has 0 atom stereocenters. The minimum absolute atomic E-state index is 0.856. The molecule has 10 rings (SSSR count). The zero-order chi connectivity index (χ0) is 32.3. The Balaban J connectivity index is 1.19. The van der Waals surface area contributed by atoms with E-state index in [2.05, 4.69) is 157 Å². The van der Waals surface area contributed by atoms with Gasteiger partial charge in [0.15, 0.2) is 0 Å². The highest BCUT2D eigenvalue weighted by molar-refractivity contribution is 6.08. The van der Waals surface area contributed by atoms with Gasteiger partial charge in [0, 0.05) is 44.5 Å². The molecule has 2 heterocycles. The van der Waals surface area contributed by atoms with Crippen molar-refractivity contribution in [2.24, 2.45) is 0 Å². The molecule has 0 aliphatic rings. The number of hydrogen-bond donors (Lipinski definition) is 0. The van der Waals surface area contributed by atoms with Crippen molar-refractivity contribution in [3.8, 4) is 22.3 Å². The smallest absolute Gasteiger partial charge is 0.137 e. The van der Waals surface area contributed by atoms with Gasteiger partial charge in [-0.15, -0.1) is 0 Å². The van der Waals surface area contributed by atoms with Gasteiger partial charge in [0.2, 0.25) is 0 Å². The van der Waals surface area contributed by atoms with E-state index in [0.29, 0.717) is 0 Å². The van der Waals surface area contributed by atoms with Crippen molar-refractivity contribution in [1.29, 1.82) is 0 Å². The van der Waals surface area contributed by atoms with Crippen molar-refractivity contribution >= 4 is 71.7 Å². The van der Waals surface area contributed by atoms with Gasteiger partial charge in [0.1, 0.15) is 22.3 Å². The summed E-state index contributed by atoms with van der Waals surface area (Å²) in [5, 5.41) is 6.89. The Bertz CT molecular complexity index is 2850. The molecule has 0 amide bonds. The maximum Gasteiger partial charge on any atom is 0.137 e. The summed E-state index contributed by atoms with van der Waals surface area (Å²) in [7, 11) is 0. The lowest BCUT2D eigenvalue weighted by atomic mass is 9.94. The van der Waals surface area contributed by atoms with E-state index in [-0.39, 0.29) is 0 Å². The maximum absolute atomic E-state index is 6.40. The minimum atomic E-state index is 0.856. The predicted octanol–water partition coefficient (Wildman–Crippen LogP) is 13.4. The van der Waals surface area contributed by atoms with Gasteiger partial charge in [-0.05, 0) is 82.1 Å². The molecule has 49 heavy (non-hydrogen) atoms. The molecule has 0 aliphatic heterocycles. The lowest BCUT2D eigenvalue weighted by Crippen LogP contribution is -2.11. The number of fused-ring (bicyclic) bond motifs is 7. The summed E-state index contributed by atoms with van der Waals surface area (Å²) in [6.45, 7) is 0. The number of benzene rings is 8. The van der Waals surface area contributed by atoms with Crippen LogP contribution in [0.3, 0.4) is 0 Å². The van der Waals surface area contributed by atoms with Gasteiger partial charge in [0.05, 0.1) is 5.69 Å². The first-order chi connectivity index (χ1) is 24.3. The van der Waals surface area contributed by atoms with Gasteiger partial charge in [-0.2, -0.15) is 0 Å². The van der Waals surface area contributed by atoms with Crippen LogP contribution in [0.5, 0.6) is 0 Å². The highest BCUT2D eigenvalue weighted by Gasteiger charge is 2.20. The number of furan rings is 2. The van der Waals surface area contributed by atoms with E-state index in [1.54, 1.807) is 0 Å². The Hall–Kier alpha value is -6.58. The van der Waals surface area contributed by atoms with E-state index in [1.807, 2.05) is 24.3 Å². The van der Waals surface area contributed by atoms with Crippen molar-refractivity contribution < 1.29 is 8.83 Å². The number of para-hydroxylation sites is 3. The molecule has 0 spiro atoms. The van der Waals surface area contributed by atoms with E-state index in [1.165, 1.54) is 21.9 Å². The second kappa shape index (κ2) is 11.0. The van der Waals surface area contributed by atoms with Crippen LogP contribution < -0.4 is 4.90 Å². The summed E-state index contributed by atoms with van der Waals surface area (Å²) >= 11 is 0. The highest BCUT2D eigenvalue weighted by Crippen LogP contribution is 2.45. The third-order valence-corrected chi connectivity index (χ3v) is 9.66. The van der Waals surface area contributed by atoms with Crippen LogP contribution in [0.1, 0.15) is 0 Å². The second-order valence-corrected chi connectivity index (χ2v) is 12.5. The largest absolute Gasteiger partial charge is 0.456 e. The molecule has 0 saturated heterocycles. The monoisotopic (exact) mass is 627 g/mol. The average Bonchev–Trinajstić information content (AvgIpc) is 3.73. The third kappa shape index (κ3) is 4.51. The maximum atomic E-state index is 6.40. The molecular weight excluding hydrogens is 599 g/mol. The van der Waals surface area contributed by atoms with Crippen LogP contribution in [0, 0.1) is 0 Å². The highest BCUT2D eigenvalue weighted by atomic mass is 16.3. The SMILES string of the molecule is c1cc(-c2ccccc2N(c2ccc3c(c2)oc2ccccc23)c2ccc3oc4ccccc4c3c2)cc(-c2cccc3ccccc23)c1. The van der Waals surface area contributed by atoms with Crippen LogP contribution in [0.15, 0.2) is 185 Å². The summed E-state index contributed by atoms with van der Waals surface area (Å²) in [5.41, 5.74) is 11.3. The first kappa shape index (κ1) is 27.5. The third-order valence-electron chi connectivity index (χ3n) is 9.66. The summed E-state index contributed by atoms with van der Waals surface area (Å²) in [5.74, 6) is 0. The number of rotatable bonds is 5. The Labute approximate surface area is 282 Å². The van der Waals surface area contributed by atoms with E-state index >= 15 is 0 Å².